The zero-order chi connectivity index (χ0) is 102. The normalized spacial score (nSPS) is 11.3. The number of non-ortho nitro benzene ring substituents is 1. The molecule has 14 N–H and O–H groups in total. The number of ether oxygens (including phenoxy) is 1. The van der Waals surface area contributed by atoms with Crippen molar-refractivity contribution < 1.29 is 28.7 Å². The molecule has 0 saturated heterocycles. The minimum absolute atomic E-state index is 0.0302. The van der Waals surface area contributed by atoms with Crippen LogP contribution >= 0.6 is 23.2 Å². The van der Waals surface area contributed by atoms with Gasteiger partial charge in [-0.15, -0.1) is 30.6 Å². The van der Waals surface area contributed by atoms with E-state index in [-0.39, 0.29) is 130 Å². The number of nitro groups is 1. The predicted molar refractivity (Wildman–Crippen MR) is 548 cm³/mol. The summed E-state index contributed by atoms with van der Waals surface area (Å²) < 4.78 is 48.6. The molecule has 0 radical (unpaired) electrons. The van der Waals surface area contributed by atoms with Crippen LogP contribution < -0.4 is 73.3 Å². The maximum absolute atomic E-state index is 13.6. The summed E-state index contributed by atoms with van der Waals surface area (Å²) in [4.78, 5) is 112. The number of nitro benzene ring substituents is 1. The summed E-state index contributed by atoms with van der Waals surface area (Å²) in [6, 6.07) is 82.1. The average molecular weight is 2000 g/mol. The standard InChI is InChI=1S/C18H17N5O3.C17H15N5O2.C17H15N5O.C16H11Cl2N5O.C16H11F2N5O.C16H12N6O3/c1-26-15-8-4-5-11(10-24)12(15)9-22-18(25)23-14-7-3-2-6-13(14)20-16(19)17(23)21-22;18-15-16-20-21(9-11-4-2-1-3-5-11)17(24)22(16)14-8-12(10-23)6-7-13(14)19-15;18-15-16-20-21(11-10-12-6-2-1-3-7-12)17(23)22(16)14-9-5-4-8-13(14)19-15;2*17-10-6-12-13(7-11(10)18)23-15(14(19)20-12)21-22(16(23)24)8-9-4-2-1-3-5-9;17-14-15-19-20(9-10-4-2-1-3-5-10)16(23)21(15)13-7-6-11(22(24)25)8-12(13)18-14/h2-8,24H,9-10H2,1H3,(H2,19,20);1-8,23H,9-10H2,(H2,18,19);1-9H,10-11H2,(H2,18,19);2*1-7H,8H2,(H2,19,20);1-8H,9H2,(H2,17,18). The van der Waals surface area contributed by atoms with Crippen molar-refractivity contribution in [3.8, 4) is 5.75 Å². The van der Waals surface area contributed by atoms with Gasteiger partial charge in [-0.05, 0) is 106 Å². The number of halogens is 4. The highest BCUT2D eigenvalue weighted by atomic mass is 35.5. The maximum atomic E-state index is 13.6. The van der Waals surface area contributed by atoms with Crippen LogP contribution in [0.25, 0.3) is 100 Å². The number of anilines is 6. The lowest BCUT2D eigenvalue weighted by Crippen LogP contribution is -2.23. The van der Waals surface area contributed by atoms with Crippen LogP contribution in [-0.2, 0) is 58.9 Å². The lowest BCUT2D eigenvalue weighted by Gasteiger charge is -2.11. The fourth-order valence-corrected chi connectivity index (χ4v) is 16.9. The predicted octanol–water partition coefficient (Wildman–Crippen LogP) is 10.7. The Labute approximate surface area is 827 Å². The highest BCUT2D eigenvalue weighted by Gasteiger charge is 2.25. The van der Waals surface area contributed by atoms with E-state index >= 15 is 0 Å². The lowest BCUT2D eigenvalue weighted by atomic mass is 10.1. The summed E-state index contributed by atoms with van der Waals surface area (Å²) in [5.41, 5.74) is 47.8. The minimum atomic E-state index is -1.07. The van der Waals surface area contributed by atoms with Crippen LogP contribution in [0.1, 0.15) is 44.5 Å². The van der Waals surface area contributed by atoms with Crippen molar-refractivity contribution in [1.82, 2.24) is 115 Å². The first-order valence-electron chi connectivity index (χ1n) is 44.6. The van der Waals surface area contributed by atoms with E-state index in [2.05, 4.69) is 60.5 Å². The number of hydrogen-bond donors (Lipinski definition) is 8. The molecule has 146 heavy (non-hydrogen) atoms. The van der Waals surface area contributed by atoms with Crippen molar-refractivity contribution in [1.29, 1.82) is 0 Å². The van der Waals surface area contributed by atoms with E-state index in [4.69, 9.17) is 62.3 Å². The Kier molecular flexibility index (Phi) is 26.5. The fourth-order valence-electron chi connectivity index (χ4n) is 16.6. The molecule has 24 aromatic rings. The molecule has 46 heteroatoms. The van der Waals surface area contributed by atoms with E-state index in [1.807, 2.05) is 188 Å². The van der Waals surface area contributed by atoms with E-state index in [1.165, 1.54) is 68.3 Å². The Morgan fingerprint density at radius 3 is 1.05 bits per heavy atom. The molecule has 0 bridgehead atoms. The van der Waals surface area contributed by atoms with Crippen LogP contribution in [0.15, 0.2) is 308 Å². The molecule has 0 unspecified atom stereocenters. The third-order valence-electron chi connectivity index (χ3n) is 23.6. The average Bonchev–Trinajstić information content (AvgIpc) is 1.58. The number of aliphatic hydroxyl groups is 2. The number of aliphatic hydroxyl groups excluding tert-OH is 2. The molecule has 0 aliphatic rings. The molecule has 12 aromatic heterocycles. The highest BCUT2D eigenvalue weighted by molar-refractivity contribution is 6.42. The molecule has 730 valence electrons. The Bertz CT molecular complexity index is 9410. The van der Waals surface area contributed by atoms with Gasteiger partial charge < -0.3 is 49.4 Å². The van der Waals surface area contributed by atoms with E-state index < -0.39 is 22.2 Å². The quantitative estimate of drug-likeness (QED) is 0.0310. The maximum Gasteiger partial charge on any atom is 0.351 e. The van der Waals surface area contributed by atoms with Crippen LogP contribution in [0.5, 0.6) is 5.75 Å². The fraction of sp³-hybridized carbons (Fsp3) is 0.100. The smallest absolute Gasteiger partial charge is 0.351 e. The first kappa shape index (κ1) is 95.6. The van der Waals surface area contributed by atoms with Gasteiger partial charge in [-0.2, -0.15) is 0 Å². The number of benzene rings is 12. The van der Waals surface area contributed by atoms with Crippen molar-refractivity contribution in [3.63, 3.8) is 0 Å². The molecule has 12 aromatic carbocycles. The number of rotatable bonds is 17. The van der Waals surface area contributed by atoms with E-state index in [9.17, 15) is 57.9 Å². The van der Waals surface area contributed by atoms with Gasteiger partial charge in [0.05, 0.1) is 141 Å². The molecular formula is C100H81Cl2F2N31O11. The van der Waals surface area contributed by atoms with Crippen LogP contribution in [0, 0.1) is 21.7 Å². The Hall–Kier alpha value is -19.3. The summed E-state index contributed by atoms with van der Waals surface area (Å²) in [6.07, 6.45) is 0.732. The van der Waals surface area contributed by atoms with Gasteiger partial charge in [-0.1, -0.05) is 217 Å². The first-order valence-corrected chi connectivity index (χ1v) is 45.4. The summed E-state index contributed by atoms with van der Waals surface area (Å²) in [5.74, 6) is -0.739. The number of para-hydroxylation sites is 4. The molecule has 12 heterocycles. The Morgan fingerprint density at radius 2 is 0.644 bits per heavy atom. The Morgan fingerprint density at radius 1 is 0.322 bits per heavy atom. The highest BCUT2D eigenvalue weighted by Crippen LogP contribution is 2.31. The van der Waals surface area contributed by atoms with Gasteiger partial charge in [0, 0.05) is 29.8 Å². The molecule has 0 saturated carbocycles. The summed E-state index contributed by atoms with van der Waals surface area (Å²) in [6.45, 7) is 1.56. The molecule has 0 spiro atoms. The van der Waals surface area contributed by atoms with Gasteiger partial charge >= 0.3 is 34.1 Å². The van der Waals surface area contributed by atoms with Gasteiger partial charge in [-0.25, -0.2) is 122 Å². The molecular weight excluding hydrogens is 1920 g/mol. The van der Waals surface area contributed by atoms with Gasteiger partial charge in [0.25, 0.3) is 5.69 Å². The monoisotopic (exact) mass is 2000 g/mol. The van der Waals surface area contributed by atoms with Crippen molar-refractivity contribution in [2.24, 2.45) is 0 Å². The molecule has 0 aliphatic heterocycles. The van der Waals surface area contributed by atoms with Gasteiger partial charge in [0.2, 0.25) is 33.9 Å². The van der Waals surface area contributed by atoms with Crippen molar-refractivity contribution in [2.45, 2.75) is 58.9 Å². The summed E-state index contributed by atoms with van der Waals surface area (Å²) >= 11 is 12.1. The summed E-state index contributed by atoms with van der Waals surface area (Å²) in [7, 11) is 1.54. The van der Waals surface area contributed by atoms with Gasteiger partial charge in [0.1, 0.15) is 5.75 Å². The van der Waals surface area contributed by atoms with Crippen LogP contribution in [0.2, 0.25) is 10.0 Å². The third-order valence-corrected chi connectivity index (χ3v) is 24.3. The van der Waals surface area contributed by atoms with Crippen LogP contribution in [0.4, 0.5) is 49.4 Å². The van der Waals surface area contributed by atoms with Gasteiger partial charge in [-0.3, -0.25) is 10.1 Å². The number of nitrogens with two attached hydrogens (primary N) is 6. The minimum Gasteiger partial charge on any atom is -0.496 e. The molecule has 0 fully saturated rings. The zero-order valence-corrected chi connectivity index (χ0v) is 78.2. The number of aromatic nitrogens is 24. The number of aryl methyl sites for hydroxylation is 2. The molecule has 24 rings (SSSR count). The molecule has 42 nitrogen and oxygen atoms in total. The van der Waals surface area contributed by atoms with Crippen molar-refractivity contribution in [3.05, 3.63) is 418 Å². The van der Waals surface area contributed by atoms with Crippen molar-refractivity contribution in [2.75, 3.05) is 41.5 Å². The van der Waals surface area contributed by atoms with E-state index in [1.54, 1.807) is 67.8 Å². The largest absolute Gasteiger partial charge is 0.496 e. The SMILES string of the molecule is COc1cccc(CO)c1Cn1nc2c(N)nc3ccccc3n2c1=O.Nc1nc2cc(Cl)c(Cl)cc2n2c(=O)n(Cc3ccccc3)nc12.Nc1nc2cc(F)c(F)cc2n2c(=O)n(Cc3ccccc3)nc12.Nc1nc2cc([N+](=O)[O-])ccc2n2c(=O)n(Cc3ccccc3)nc12.Nc1nc2ccc(CO)cc2n2c(=O)n(Cc3ccccc3)nc12.Nc1nc2ccccc2n2c(=O)n(CCc3ccccc3)nc12. The number of nitrogens with zero attached hydrogens (tertiary/aromatic N) is 25. The van der Waals surface area contributed by atoms with Crippen LogP contribution in [0.3, 0.4) is 0 Å². The summed E-state index contributed by atoms with van der Waals surface area (Å²) in [5, 5.41) is 56.3. The van der Waals surface area contributed by atoms with Crippen LogP contribution in [-0.4, -0.2) is 137 Å². The van der Waals surface area contributed by atoms with Gasteiger partial charge in [0.15, 0.2) is 46.5 Å². The molecule has 0 atom stereocenters. The Balaban J connectivity index is 0.000000111. The topological polar surface area (TPSA) is 562 Å². The number of methoxy groups -OCH3 is 1. The number of fused-ring (bicyclic) bond motifs is 18. The number of nitrogen functional groups attached to an aromatic ring is 6. The first-order chi connectivity index (χ1) is 70.7. The second kappa shape index (κ2) is 40.5. The molecule has 0 aliphatic carbocycles. The third kappa shape index (κ3) is 18.9. The zero-order valence-electron chi connectivity index (χ0n) is 76.6. The lowest BCUT2D eigenvalue weighted by molar-refractivity contribution is -0.384. The number of hydrogen-bond acceptors (Lipinski definition) is 29. The van der Waals surface area contributed by atoms with E-state index in [0.29, 0.717) is 124 Å². The van der Waals surface area contributed by atoms with Crippen molar-refractivity contribution >= 4 is 164 Å². The van der Waals surface area contributed by atoms with E-state index in [0.717, 1.165) is 50.8 Å². The molecule has 0 amide bonds. The second-order valence-electron chi connectivity index (χ2n) is 33.0. The second-order valence-corrected chi connectivity index (χ2v) is 33.8.